The summed E-state index contributed by atoms with van der Waals surface area (Å²) < 4.78 is 0. The Morgan fingerprint density at radius 2 is 0.738 bits per heavy atom. The van der Waals surface area contributed by atoms with Crippen molar-refractivity contribution in [2.24, 2.45) is 40.1 Å². The van der Waals surface area contributed by atoms with Crippen LogP contribution >= 0.6 is 0 Å². The molecule has 65 heavy (non-hydrogen) atoms. The fourth-order valence-electron chi connectivity index (χ4n) is 6.90. The van der Waals surface area contributed by atoms with Crippen LogP contribution in [0.2, 0.25) is 0 Å². The first-order valence-electron chi connectivity index (χ1n) is 23.2. The van der Waals surface area contributed by atoms with Crippen molar-refractivity contribution in [2.75, 3.05) is 39.3 Å². The van der Waals surface area contributed by atoms with Crippen LogP contribution in [0.1, 0.15) is 121 Å². The second-order valence-corrected chi connectivity index (χ2v) is 16.3. The van der Waals surface area contributed by atoms with Gasteiger partial charge in [0.25, 0.3) is 0 Å². The average Bonchev–Trinajstić information content (AvgIpc) is 3.80. The molecule has 0 aromatic carbocycles. The summed E-state index contributed by atoms with van der Waals surface area (Å²) in [7, 11) is 0. The van der Waals surface area contributed by atoms with Crippen LogP contribution in [0, 0.1) is 0 Å². The quantitative estimate of drug-likeness (QED) is 0.0294. The lowest BCUT2D eigenvalue weighted by Crippen LogP contribution is -2.60. The van der Waals surface area contributed by atoms with Gasteiger partial charge in [0.2, 0.25) is 35.4 Å². The predicted octanol–water partition coefficient (Wildman–Crippen LogP) is -2.95. The van der Waals surface area contributed by atoms with E-state index in [2.05, 4.69) is 41.9 Å². The highest BCUT2D eigenvalue weighted by Crippen LogP contribution is 2.11. The van der Waals surface area contributed by atoms with Gasteiger partial charge in [-0.25, -0.2) is 9.78 Å². The molecule has 0 bridgehead atoms. The van der Waals surface area contributed by atoms with Crippen molar-refractivity contribution in [1.29, 1.82) is 0 Å². The molecule has 22 N–H and O–H groups in total. The van der Waals surface area contributed by atoms with E-state index in [4.69, 9.17) is 40.1 Å². The molecule has 0 saturated heterocycles. The number of carboxylic acids is 1. The summed E-state index contributed by atoms with van der Waals surface area (Å²) in [5.74, 6) is -5.24. The van der Waals surface area contributed by atoms with Crippen molar-refractivity contribution in [3.05, 3.63) is 18.2 Å². The second-order valence-electron chi connectivity index (χ2n) is 16.3. The third kappa shape index (κ3) is 24.9. The van der Waals surface area contributed by atoms with Crippen LogP contribution in [-0.4, -0.2) is 138 Å². The maximum Gasteiger partial charge on any atom is 0.326 e. The highest BCUT2D eigenvalue weighted by molar-refractivity contribution is 5.97. The summed E-state index contributed by atoms with van der Waals surface area (Å²) in [6.45, 7) is 2.09. The van der Waals surface area contributed by atoms with Gasteiger partial charge in [0.1, 0.15) is 36.3 Å². The first-order valence-corrected chi connectivity index (χ1v) is 23.2. The number of aromatic amines is 1. The van der Waals surface area contributed by atoms with Gasteiger partial charge in [0.05, 0.1) is 12.4 Å². The lowest BCUT2D eigenvalue weighted by molar-refractivity contribution is -0.142. The number of unbranched alkanes of at least 4 members (excludes halogenated alkanes) is 6. The number of nitrogens with one attached hydrogen (secondary N) is 7. The number of hydrogen-bond donors (Lipinski definition) is 15. The number of carboxylic acid groups (broad SMARTS) is 1. The normalized spacial score (nSPS) is 14.4. The van der Waals surface area contributed by atoms with Gasteiger partial charge in [-0.1, -0.05) is 6.42 Å². The Balaban J connectivity index is 3.41. The molecule has 0 aliphatic rings. The number of imidazole rings is 1. The van der Waals surface area contributed by atoms with Gasteiger partial charge >= 0.3 is 5.97 Å². The van der Waals surface area contributed by atoms with E-state index in [1.165, 1.54) is 12.5 Å². The van der Waals surface area contributed by atoms with Crippen LogP contribution in [0.4, 0.5) is 0 Å². The lowest BCUT2D eigenvalue weighted by atomic mass is 10.0. The number of carbonyl (C=O) groups excluding carboxylic acids is 6. The van der Waals surface area contributed by atoms with Crippen molar-refractivity contribution < 1.29 is 38.7 Å². The third-order valence-electron chi connectivity index (χ3n) is 10.8. The Morgan fingerprint density at radius 3 is 1.05 bits per heavy atom. The highest BCUT2D eigenvalue weighted by atomic mass is 16.4. The molecule has 0 aliphatic heterocycles. The van der Waals surface area contributed by atoms with Crippen molar-refractivity contribution in [3.63, 3.8) is 0 Å². The molecular weight excluding hydrogens is 843 g/mol. The van der Waals surface area contributed by atoms with Gasteiger partial charge in [0, 0.05) is 18.3 Å². The van der Waals surface area contributed by atoms with Crippen LogP contribution < -0.4 is 72.0 Å². The van der Waals surface area contributed by atoms with Crippen LogP contribution in [0.5, 0.6) is 0 Å². The Hall–Kier alpha value is -4.78. The number of hydrogen-bond acceptors (Lipinski definition) is 15. The molecule has 1 heterocycles. The van der Waals surface area contributed by atoms with E-state index in [-0.39, 0.29) is 38.5 Å². The van der Waals surface area contributed by atoms with E-state index >= 15 is 0 Å². The number of amides is 6. The zero-order valence-electron chi connectivity index (χ0n) is 38.2. The molecule has 372 valence electrons. The lowest BCUT2D eigenvalue weighted by Gasteiger charge is -2.28. The van der Waals surface area contributed by atoms with Crippen molar-refractivity contribution in [1.82, 2.24) is 41.9 Å². The van der Waals surface area contributed by atoms with E-state index in [1.807, 2.05) is 0 Å². The number of carbonyl (C=O) groups is 7. The molecule has 0 fully saturated rings. The van der Waals surface area contributed by atoms with Gasteiger partial charge < -0.3 is 82.1 Å². The zero-order valence-corrected chi connectivity index (χ0v) is 38.2. The van der Waals surface area contributed by atoms with E-state index in [0.29, 0.717) is 128 Å². The average molecular weight is 924 g/mol. The fraction of sp³-hybridized carbons (Fsp3) is 0.762. The number of H-pyrrole nitrogens is 1. The third-order valence-corrected chi connectivity index (χ3v) is 10.8. The first-order chi connectivity index (χ1) is 31.3. The topological polar surface area (TPSA) is 423 Å². The maximum absolute atomic E-state index is 14.2. The monoisotopic (exact) mass is 924 g/mol. The van der Waals surface area contributed by atoms with Gasteiger partial charge in [-0.2, -0.15) is 0 Å². The second kappa shape index (κ2) is 35.5. The van der Waals surface area contributed by atoms with Gasteiger partial charge in [-0.15, -0.1) is 0 Å². The summed E-state index contributed by atoms with van der Waals surface area (Å²) in [5, 5.41) is 26.0. The molecule has 1 rings (SSSR count). The Kier molecular flexibility index (Phi) is 31.8. The van der Waals surface area contributed by atoms with E-state index < -0.39 is 83.7 Å². The first kappa shape index (κ1) is 58.2. The molecule has 6 amide bonds. The minimum atomic E-state index is -1.23. The van der Waals surface area contributed by atoms with Gasteiger partial charge in [-0.3, -0.25) is 28.8 Å². The Labute approximate surface area is 383 Å². The molecule has 0 unspecified atom stereocenters. The predicted molar refractivity (Wildman–Crippen MR) is 247 cm³/mol. The van der Waals surface area contributed by atoms with E-state index in [9.17, 15) is 38.7 Å². The number of aromatic nitrogens is 2. The van der Waals surface area contributed by atoms with Crippen LogP contribution in [0.15, 0.2) is 12.5 Å². The van der Waals surface area contributed by atoms with Crippen LogP contribution in [0.3, 0.4) is 0 Å². The highest BCUT2D eigenvalue weighted by Gasteiger charge is 2.33. The number of rotatable bonds is 39. The molecule has 0 saturated carbocycles. The summed E-state index contributed by atoms with van der Waals surface area (Å²) in [5.41, 5.74) is 40.8. The number of nitrogens with two attached hydrogens (primary N) is 7. The summed E-state index contributed by atoms with van der Waals surface area (Å²) in [6.07, 6.45) is 10.1. The Morgan fingerprint density at radius 1 is 0.446 bits per heavy atom. The standard InChI is InChI=1S/C42H81N15O8/c43-19-7-1-13-29(49)36(58)57-35(25-28-26-50-27-51-28)41(63)55-32(16-4-10-22-46)39(61)53-30(14-2-8-20-44)37(59)52-31(15-3-9-21-45)38(60)54-33(17-5-11-23-47)40(62)56-34(42(64)65)18-6-12-24-48/h26-27,29-35H,1-25,43-49H2,(H,50,51)(H,52,59)(H,53,61)(H,54,60)(H,55,63)(H,56,62)(H,57,58)(H,64,65)/t29-,30-,31-,32-,33-,34-,35-/m0/s1. The molecular formula is C42H81N15O8. The van der Waals surface area contributed by atoms with E-state index in [0.717, 1.165) is 0 Å². The smallest absolute Gasteiger partial charge is 0.326 e. The zero-order chi connectivity index (χ0) is 48.4. The van der Waals surface area contributed by atoms with Crippen molar-refractivity contribution in [3.8, 4) is 0 Å². The molecule has 23 nitrogen and oxygen atoms in total. The minimum Gasteiger partial charge on any atom is -0.480 e. The SMILES string of the molecule is NCCCC[C@H](NC(=O)[C@H](CCCCN)NC(=O)[C@H](CCCCN)NC(=O)[C@H](CCCCN)NC(=O)[C@H](CCCCN)NC(=O)[C@H](Cc1cnc[nH]1)NC(=O)[C@@H](N)CCCCN)C(=O)O. The summed E-state index contributed by atoms with van der Waals surface area (Å²) in [6, 6.07) is -7.95. The minimum absolute atomic E-state index is 0.00638. The van der Waals surface area contributed by atoms with Crippen LogP contribution in [-0.2, 0) is 40.0 Å². The maximum atomic E-state index is 14.2. The molecule has 0 radical (unpaired) electrons. The molecule has 0 aliphatic carbocycles. The molecule has 1 aromatic rings. The van der Waals surface area contributed by atoms with Gasteiger partial charge in [-0.05, 0) is 148 Å². The van der Waals surface area contributed by atoms with E-state index in [1.54, 1.807) is 0 Å². The number of aliphatic carboxylic acids is 1. The molecule has 23 heteroatoms. The van der Waals surface area contributed by atoms with Crippen LogP contribution in [0.25, 0.3) is 0 Å². The van der Waals surface area contributed by atoms with Crippen molar-refractivity contribution >= 4 is 41.4 Å². The van der Waals surface area contributed by atoms with Gasteiger partial charge in [0.15, 0.2) is 0 Å². The largest absolute Gasteiger partial charge is 0.480 e. The molecule has 1 aromatic heterocycles. The summed E-state index contributed by atoms with van der Waals surface area (Å²) >= 11 is 0. The van der Waals surface area contributed by atoms with Crippen molar-refractivity contribution in [2.45, 2.75) is 164 Å². The molecule has 7 atom stereocenters. The molecule has 0 spiro atoms. The summed E-state index contributed by atoms with van der Waals surface area (Å²) in [4.78, 5) is 102. The number of nitrogens with zero attached hydrogens (tertiary/aromatic N) is 1. The fourth-order valence-corrected chi connectivity index (χ4v) is 6.90. The Bertz CT molecular complexity index is 1520.